The van der Waals surface area contributed by atoms with Crippen molar-refractivity contribution < 1.29 is 4.39 Å². The van der Waals surface area contributed by atoms with Crippen LogP contribution in [0.15, 0.2) is 16.7 Å². The van der Waals surface area contributed by atoms with Gasteiger partial charge in [-0.25, -0.2) is 4.98 Å². The summed E-state index contributed by atoms with van der Waals surface area (Å²) in [6.07, 6.45) is 2.46. The molecule has 0 aliphatic heterocycles. The van der Waals surface area contributed by atoms with E-state index in [0.717, 1.165) is 10.9 Å². The van der Waals surface area contributed by atoms with E-state index < -0.39 is 0 Å². The maximum Gasteiger partial charge on any atom is 0.216 e. The molecule has 2 nitrogen and oxygen atoms in total. The molecule has 1 heterocycles. The molecule has 2 N–H and O–H groups in total. The quantitative estimate of drug-likeness (QED) is 0.810. The van der Waals surface area contributed by atoms with Crippen molar-refractivity contribution in [3.05, 3.63) is 28.2 Å². The van der Waals surface area contributed by atoms with Crippen LogP contribution in [-0.4, -0.2) is 11.5 Å². The molecule has 0 bridgehead atoms. The Hall–Kier alpha value is -0.480. The lowest BCUT2D eigenvalue weighted by Gasteiger charge is -2.00. The molecule has 2 rings (SSSR count). The van der Waals surface area contributed by atoms with Crippen molar-refractivity contribution in [2.75, 3.05) is 6.54 Å². The smallest absolute Gasteiger partial charge is 0.216 e. The number of rotatable bonds is 2. The van der Waals surface area contributed by atoms with Crippen molar-refractivity contribution in [1.82, 2.24) is 4.98 Å². The average molecular weight is 245 g/mol. The van der Waals surface area contributed by atoms with E-state index in [4.69, 9.17) is 5.73 Å². The molecule has 1 aromatic rings. The summed E-state index contributed by atoms with van der Waals surface area (Å²) in [5.41, 5.74) is 6.19. The standard InChI is InChI=1S/C9H10BrFN2/c10-6-2-8(9(11)13-4-6)7-1-5(7)3-12/h2,4-5,7H,1,3,12H2. The molecule has 2 atom stereocenters. The van der Waals surface area contributed by atoms with Crippen LogP contribution in [0.25, 0.3) is 0 Å². The van der Waals surface area contributed by atoms with Gasteiger partial charge >= 0.3 is 0 Å². The Kier molecular flexibility index (Phi) is 2.34. The van der Waals surface area contributed by atoms with E-state index in [1.165, 1.54) is 6.20 Å². The highest BCUT2D eigenvalue weighted by Gasteiger charge is 2.39. The normalized spacial score (nSPS) is 26.1. The molecule has 70 valence electrons. The Morgan fingerprint density at radius 3 is 3.08 bits per heavy atom. The van der Waals surface area contributed by atoms with Crippen LogP contribution >= 0.6 is 15.9 Å². The van der Waals surface area contributed by atoms with Crippen molar-refractivity contribution in [2.24, 2.45) is 11.7 Å². The minimum absolute atomic E-state index is 0.287. The van der Waals surface area contributed by atoms with Gasteiger partial charge in [-0.3, -0.25) is 0 Å². The SMILES string of the molecule is NCC1CC1c1cc(Br)cnc1F. The molecule has 4 heteroatoms. The van der Waals surface area contributed by atoms with E-state index >= 15 is 0 Å². The fraction of sp³-hybridized carbons (Fsp3) is 0.444. The third-order valence-corrected chi connectivity index (χ3v) is 2.89. The van der Waals surface area contributed by atoms with Crippen molar-refractivity contribution >= 4 is 15.9 Å². The molecule has 1 fully saturated rings. The van der Waals surface area contributed by atoms with Crippen LogP contribution in [0.1, 0.15) is 17.9 Å². The molecule has 0 amide bonds. The maximum absolute atomic E-state index is 13.2. The molecule has 13 heavy (non-hydrogen) atoms. The van der Waals surface area contributed by atoms with E-state index in [-0.39, 0.29) is 11.9 Å². The van der Waals surface area contributed by atoms with Gasteiger partial charge in [0.05, 0.1) is 0 Å². The second-order valence-electron chi connectivity index (χ2n) is 3.37. The number of hydrogen-bond donors (Lipinski definition) is 1. The highest BCUT2D eigenvalue weighted by Crippen LogP contribution is 2.47. The van der Waals surface area contributed by atoms with Crippen LogP contribution in [0, 0.1) is 11.9 Å². The summed E-state index contributed by atoms with van der Waals surface area (Å²) in [5, 5.41) is 0. The largest absolute Gasteiger partial charge is 0.330 e. The van der Waals surface area contributed by atoms with Gasteiger partial charge in [0, 0.05) is 16.2 Å². The van der Waals surface area contributed by atoms with Gasteiger partial charge in [-0.1, -0.05) is 0 Å². The predicted molar refractivity (Wildman–Crippen MR) is 51.8 cm³/mol. The maximum atomic E-state index is 13.2. The monoisotopic (exact) mass is 244 g/mol. The molecule has 0 aromatic carbocycles. The van der Waals surface area contributed by atoms with Crippen LogP contribution < -0.4 is 5.73 Å². The second-order valence-corrected chi connectivity index (χ2v) is 4.29. The van der Waals surface area contributed by atoms with Gasteiger partial charge in [0.15, 0.2) is 0 Å². The third-order valence-electron chi connectivity index (χ3n) is 2.46. The van der Waals surface area contributed by atoms with Gasteiger partial charge in [-0.15, -0.1) is 0 Å². The number of halogens is 2. The van der Waals surface area contributed by atoms with Gasteiger partial charge in [-0.2, -0.15) is 4.39 Å². The predicted octanol–water partition coefficient (Wildman–Crippen LogP) is 2.05. The van der Waals surface area contributed by atoms with Gasteiger partial charge in [-0.05, 0) is 46.8 Å². The van der Waals surface area contributed by atoms with E-state index in [2.05, 4.69) is 20.9 Å². The first kappa shape index (κ1) is 9.09. The fourth-order valence-corrected chi connectivity index (χ4v) is 1.94. The summed E-state index contributed by atoms with van der Waals surface area (Å²) < 4.78 is 14.0. The first-order valence-corrected chi connectivity index (χ1v) is 5.02. The zero-order chi connectivity index (χ0) is 9.42. The molecule has 0 radical (unpaired) electrons. The number of pyridine rings is 1. The van der Waals surface area contributed by atoms with Crippen LogP contribution in [-0.2, 0) is 0 Å². The van der Waals surface area contributed by atoms with Gasteiger partial charge in [0.1, 0.15) is 0 Å². The summed E-state index contributed by atoms with van der Waals surface area (Å²) in [5.74, 6) is 0.379. The fourth-order valence-electron chi connectivity index (χ4n) is 1.59. The zero-order valence-electron chi connectivity index (χ0n) is 7.00. The zero-order valence-corrected chi connectivity index (χ0v) is 8.59. The molecule has 0 spiro atoms. The Balaban J connectivity index is 2.25. The summed E-state index contributed by atoms with van der Waals surface area (Å²) in [6.45, 7) is 0.636. The summed E-state index contributed by atoms with van der Waals surface area (Å²) in [4.78, 5) is 3.65. The Morgan fingerprint density at radius 2 is 2.46 bits per heavy atom. The van der Waals surface area contributed by atoms with Crippen LogP contribution in [0.5, 0.6) is 0 Å². The molecular weight excluding hydrogens is 235 g/mol. The van der Waals surface area contributed by atoms with E-state index in [9.17, 15) is 4.39 Å². The highest BCUT2D eigenvalue weighted by atomic mass is 79.9. The van der Waals surface area contributed by atoms with Crippen molar-refractivity contribution in [2.45, 2.75) is 12.3 Å². The molecule has 1 aliphatic carbocycles. The highest BCUT2D eigenvalue weighted by molar-refractivity contribution is 9.10. The molecule has 0 saturated heterocycles. The molecular formula is C9H10BrFN2. The first-order chi connectivity index (χ1) is 6.22. The van der Waals surface area contributed by atoms with Crippen molar-refractivity contribution in [1.29, 1.82) is 0 Å². The number of nitrogens with zero attached hydrogens (tertiary/aromatic N) is 1. The second kappa shape index (κ2) is 3.35. The van der Waals surface area contributed by atoms with E-state index in [1.807, 2.05) is 0 Å². The molecule has 1 aliphatic rings. The summed E-state index contributed by atoms with van der Waals surface area (Å²) in [6, 6.07) is 1.79. The lowest BCUT2D eigenvalue weighted by Crippen LogP contribution is -2.03. The average Bonchev–Trinajstić information content (AvgIpc) is 2.88. The van der Waals surface area contributed by atoms with Gasteiger partial charge in [0.25, 0.3) is 0 Å². The van der Waals surface area contributed by atoms with Crippen molar-refractivity contribution in [3.63, 3.8) is 0 Å². The number of hydrogen-bond acceptors (Lipinski definition) is 2. The molecule has 1 saturated carbocycles. The number of aromatic nitrogens is 1. The minimum Gasteiger partial charge on any atom is -0.330 e. The summed E-state index contributed by atoms with van der Waals surface area (Å²) in [7, 11) is 0. The van der Waals surface area contributed by atoms with Crippen LogP contribution in [0.4, 0.5) is 4.39 Å². The third kappa shape index (κ3) is 1.74. The van der Waals surface area contributed by atoms with E-state index in [1.54, 1.807) is 6.07 Å². The Morgan fingerprint density at radius 1 is 1.69 bits per heavy atom. The lowest BCUT2D eigenvalue weighted by molar-refractivity contribution is 0.563. The minimum atomic E-state index is -0.357. The topological polar surface area (TPSA) is 38.9 Å². The summed E-state index contributed by atoms with van der Waals surface area (Å²) >= 11 is 3.27. The Bertz CT molecular complexity index is 329. The number of nitrogens with two attached hydrogens (primary N) is 1. The van der Waals surface area contributed by atoms with E-state index in [0.29, 0.717) is 18.0 Å². The Labute approximate surface area is 84.5 Å². The van der Waals surface area contributed by atoms with Crippen LogP contribution in [0.2, 0.25) is 0 Å². The van der Waals surface area contributed by atoms with Gasteiger partial charge < -0.3 is 5.73 Å². The van der Waals surface area contributed by atoms with Gasteiger partial charge in [0.2, 0.25) is 5.95 Å². The van der Waals surface area contributed by atoms with Crippen LogP contribution in [0.3, 0.4) is 0 Å². The lowest BCUT2D eigenvalue weighted by atomic mass is 10.1. The molecule has 1 aromatic heterocycles. The van der Waals surface area contributed by atoms with Crippen molar-refractivity contribution in [3.8, 4) is 0 Å². The molecule has 2 unspecified atom stereocenters. The first-order valence-electron chi connectivity index (χ1n) is 4.23.